The molecule has 174 valence electrons. The van der Waals surface area contributed by atoms with Crippen LogP contribution >= 0.6 is 0 Å². The smallest absolute Gasteiger partial charge is 0.407 e. The fourth-order valence-electron chi connectivity index (χ4n) is 4.49. The molecule has 0 unspecified atom stereocenters. The van der Waals surface area contributed by atoms with E-state index >= 15 is 0 Å². The highest BCUT2D eigenvalue weighted by atomic mass is 16.5. The van der Waals surface area contributed by atoms with Crippen LogP contribution < -0.4 is 10.6 Å². The van der Waals surface area contributed by atoms with E-state index in [9.17, 15) is 14.4 Å². The minimum atomic E-state index is -0.884. The molecule has 2 aliphatic rings. The number of fused-ring (bicyclic) bond motifs is 3. The van der Waals surface area contributed by atoms with Gasteiger partial charge >= 0.3 is 12.1 Å². The lowest BCUT2D eigenvalue weighted by molar-refractivity contribution is -0.141. The van der Waals surface area contributed by atoms with E-state index in [1.54, 1.807) is 6.92 Å². The fraction of sp³-hybridized carbons (Fsp3) is 0.400. The van der Waals surface area contributed by atoms with Crippen LogP contribution in [0.2, 0.25) is 0 Å². The summed E-state index contributed by atoms with van der Waals surface area (Å²) in [6.07, 6.45) is -0.413. The van der Waals surface area contributed by atoms with Crippen LogP contribution in [0.1, 0.15) is 36.8 Å². The molecule has 0 saturated carbocycles. The lowest BCUT2D eigenvalue weighted by Crippen LogP contribution is -2.39. The lowest BCUT2D eigenvalue weighted by Gasteiger charge is -2.17. The quantitative estimate of drug-likeness (QED) is 0.568. The Bertz CT molecular complexity index is 994. The molecular formula is C25H28N2O6. The van der Waals surface area contributed by atoms with Crippen LogP contribution in [-0.2, 0) is 19.1 Å². The molecule has 33 heavy (non-hydrogen) atoms. The van der Waals surface area contributed by atoms with Gasteiger partial charge in [-0.3, -0.25) is 9.59 Å². The summed E-state index contributed by atoms with van der Waals surface area (Å²) in [7, 11) is 0. The summed E-state index contributed by atoms with van der Waals surface area (Å²) < 4.78 is 10.9. The molecule has 1 fully saturated rings. The van der Waals surface area contributed by atoms with E-state index in [-0.39, 0.29) is 44.1 Å². The summed E-state index contributed by atoms with van der Waals surface area (Å²) in [5.41, 5.74) is 4.59. The number of rotatable bonds is 8. The third-order valence-corrected chi connectivity index (χ3v) is 6.16. The van der Waals surface area contributed by atoms with E-state index in [0.717, 1.165) is 22.3 Å². The highest BCUT2D eigenvalue weighted by Gasteiger charge is 2.31. The zero-order valence-corrected chi connectivity index (χ0v) is 18.5. The van der Waals surface area contributed by atoms with Crippen molar-refractivity contribution in [3.05, 3.63) is 59.7 Å². The van der Waals surface area contributed by atoms with Gasteiger partial charge in [0.2, 0.25) is 5.91 Å². The molecule has 0 radical (unpaired) electrons. The van der Waals surface area contributed by atoms with E-state index in [1.165, 1.54) is 0 Å². The van der Waals surface area contributed by atoms with Crippen molar-refractivity contribution in [2.24, 2.45) is 5.92 Å². The van der Waals surface area contributed by atoms with Gasteiger partial charge in [-0.1, -0.05) is 48.5 Å². The molecule has 0 bridgehead atoms. The Labute approximate surface area is 192 Å². The Morgan fingerprint density at radius 1 is 1.09 bits per heavy atom. The van der Waals surface area contributed by atoms with Gasteiger partial charge in [0.05, 0.1) is 18.6 Å². The van der Waals surface area contributed by atoms with Crippen molar-refractivity contribution >= 4 is 18.0 Å². The van der Waals surface area contributed by atoms with Gasteiger partial charge in [0.15, 0.2) is 0 Å². The van der Waals surface area contributed by atoms with E-state index in [0.29, 0.717) is 6.42 Å². The van der Waals surface area contributed by atoms with Crippen LogP contribution in [-0.4, -0.2) is 55.0 Å². The van der Waals surface area contributed by atoms with Gasteiger partial charge < -0.3 is 25.2 Å². The number of carboxylic acids is 1. The van der Waals surface area contributed by atoms with Gasteiger partial charge in [-0.05, 0) is 35.6 Å². The normalized spacial score (nSPS) is 19.9. The molecule has 1 aliphatic heterocycles. The molecule has 2 aromatic rings. The third-order valence-electron chi connectivity index (χ3n) is 6.16. The van der Waals surface area contributed by atoms with Gasteiger partial charge in [0.1, 0.15) is 6.61 Å². The van der Waals surface area contributed by atoms with Crippen molar-refractivity contribution in [2.45, 2.75) is 37.8 Å². The van der Waals surface area contributed by atoms with Gasteiger partial charge in [-0.15, -0.1) is 0 Å². The minimum Gasteiger partial charge on any atom is -0.481 e. The topological polar surface area (TPSA) is 114 Å². The molecule has 1 aliphatic carbocycles. The number of hydrogen-bond donors (Lipinski definition) is 3. The number of ether oxygens (including phenoxy) is 2. The summed E-state index contributed by atoms with van der Waals surface area (Å²) in [6, 6.07) is 15.8. The number of benzene rings is 2. The molecule has 1 saturated heterocycles. The molecule has 2 aromatic carbocycles. The zero-order valence-electron chi connectivity index (χ0n) is 18.5. The minimum absolute atomic E-state index is 0.0252. The summed E-state index contributed by atoms with van der Waals surface area (Å²) in [5.74, 6) is -1.68. The molecule has 8 heteroatoms. The van der Waals surface area contributed by atoms with E-state index in [2.05, 4.69) is 34.9 Å². The Morgan fingerprint density at radius 3 is 2.33 bits per heavy atom. The Morgan fingerprint density at radius 2 is 1.73 bits per heavy atom. The molecule has 0 aromatic heterocycles. The monoisotopic (exact) mass is 452 g/mol. The number of carboxylic acid groups (broad SMARTS) is 1. The first kappa shape index (κ1) is 22.8. The van der Waals surface area contributed by atoms with Crippen LogP contribution in [0, 0.1) is 5.92 Å². The van der Waals surface area contributed by atoms with Crippen LogP contribution in [0.25, 0.3) is 11.1 Å². The molecule has 3 N–H and O–H groups in total. The standard InChI is InChI=1S/C25H28N2O6/c1-15(10-23(28)26-12-17-11-16(13-32-17)24(29)30)27-25(31)33-14-22-20-8-4-2-6-18(20)19-7-3-5-9-21(19)22/h2-9,15-17,22H,10-14H2,1H3,(H,26,28)(H,27,31)(H,29,30)/t15-,16+,17+/m1/s1. The fourth-order valence-corrected chi connectivity index (χ4v) is 4.49. The molecule has 8 nitrogen and oxygen atoms in total. The molecule has 1 heterocycles. The van der Waals surface area contributed by atoms with Crippen LogP contribution in [0.4, 0.5) is 4.79 Å². The number of nitrogens with one attached hydrogen (secondary N) is 2. The summed E-state index contributed by atoms with van der Waals surface area (Å²) >= 11 is 0. The second-order valence-corrected chi connectivity index (χ2v) is 8.61. The van der Waals surface area contributed by atoms with Gasteiger partial charge in [0.25, 0.3) is 0 Å². The Kier molecular flexibility index (Phi) is 6.93. The summed E-state index contributed by atoms with van der Waals surface area (Å²) in [6.45, 7) is 2.35. The highest BCUT2D eigenvalue weighted by molar-refractivity contribution is 5.79. The highest BCUT2D eigenvalue weighted by Crippen LogP contribution is 2.44. The largest absolute Gasteiger partial charge is 0.481 e. The van der Waals surface area contributed by atoms with Crippen molar-refractivity contribution in [1.82, 2.24) is 10.6 Å². The number of carbonyl (C=O) groups excluding carboxylic acids is 2. The van der Waals surface area contributed by atoms with E-state index < -0.39 is 24.0 Å². The molecule has 0 spiro atoms. The Balaban J connectivity index is 1.22. The molecule has 2 amide bonds. The predicted octanol–water partition coefficient (Wildman–Crippen LogP) is 2.91. The lowest BCUT2D eigenvalue weighted by atomic mass is 9.98. The average Bonchev–Trinajstić information content (AvgIpc) is 3.39. The maximum Gasteiger partial charge on any atom is 0.407 e. The van der Waals surface area contributed by atoms with E-state index in [1.807, 2.05) is 24.3 Å². The molecular weight excluding hydrogens is 424 g/mol. The van der Waals surface area contributed by atoms with Crippen molar-refractivity contribution in [3.63, 3.8) is 0 Å². The van der Waals surface area contributed by atoms with Crippen molar-refractivity contribution in [2.75, 3.05) is 19.8 Å². The SMILES string of the molecule is C[C@H](CC(=O)NC[C@@H]1C[C@H](C(=O)O)CO1)NC(=O)OCC1c2ccccc2-c2ccccc21. The predicted molar refractivity (Wildman–Crippen MR) is 121 cm³/mol. The number of amides is 2. The third kappa shape index (κ3) is 5.34. The number of carbonyl (C=O) groups is 3. The van der Waals surface area contributed by atoms with Gasteiger partial charge in [-0.2, -0.15) is 0 Å². The van der Waals surface area contributed by atoms with E-state index in [4.69, 9.17) is 14.6 Å². The van der Waals surface area contributed by atoms with Crippen molar-refractivity contribution in [1.29, 1.82) is 0 Å². The first-order chi connectivity index (χ1) is 15.9. The first-order valence-electron chi connectivity index (χ1n) is 11.1. The molecule has 4 rings (SSSR count). The zero-order chi connectivity index (χ0) is 23.4. The second-order valence-electron chi connectivity index (χ2n) is 8.61. The van der Waals surface area contributed by atoms with Crippen LogP contribution in [0.5, 0.6) is 0 Å². The first-order valence-corrected chi connectivity index (χ1v) is 11.1. The number of aliphatic carboxylic acids is 1. The van der Waals surface area contributed by atoms with Gasteiger partial charge in [0, 0.05) is 24.9 Å². The summed E-state index contributed by atoms with van der Waals surface area (Å²) in [4.78, 5) is 35.5. The maximum atomic E-state index is 12.3. The van der Waals surface area contributed by atoms with Gasteiger partial charge in [-0.25, -0.2) is 4.79 Å². The second kappa shape index (κ2) is 10.0. The van der Waals surface area contributed by atoms with Crippen LogP contribution in [0.3, 0.4) is 0 Å². The number of alkyl carbamates (subject to hydrolysis) is 1. The molecule has 3 atom stereocenters. The maximum absolute atomic E-state index is 12.3. The van der Waals surface area contributed by atoms with Crippen molar-refractivity contribution < 1.29 is 29.0 Å². The average molecular weight is 453 g/mol. The number of hydrogen-bond acceptors (Lipinski definition) is 5. The Hall–Kier alpha value is -3.39. The summed E-state index contributed by atoms with van der Waals surface area (Å²) in [5, 5.41) is 14.4. The van der Waals surface area contributed by atoms with Crippen molar-refractivity contribution in [3.8, 4) is 11.1 Å². The van der Waals surface area contributed by atoms with Crippen LogP contribution in [0.15, 0.2) is 48.5 Å².